The summed E-state index contributed by atoms with van der Waals surface area (Å²) in [5.74, 6) is -0.119. The van der Waals surface area contributed by atoms with Gasteiger partial charge in [-0.05, 0) is 38.0 Å². The van der Waals surface area contributed by atoms with Gasteiger partial charge in [-0.25, -0.2) is 0 Å². The average Bonchev–Trinajstić information content (AvgIpc) is 2.82. The van der Waals surface area contributed by atoms with Gasteiger partial charge in [-0.15, -0.1) is 0 Å². The van der Waals surface area contributed by atoms with Crippen molar-refractivity contribution < 1.29 is 9.90 Å². The second-order valence-electron chi connectivity index (χ2n) is 6.78. The minimum absolute atomic E-state index is 0.00582. The van der Waals surface area contributed by atoms with Crippen molar-refractivity contribution in [3.63, 3.8) is 0 Å². The normalized spacial score (nSPS) is 18.2. The summed E-state index contributed by atoms with van der Waals surface area (Å²) in [6.45, 7) is 2.44. The molecule has 0 aromatic carbocycles. The van der Waals surface area contributed by atoms with Gasteiger partial charge in [0.15, 0.2) is 0 Å². The summed E-state index contributed by atoms with van der Waals surface area (Å²) in [7, 11) is 2.00. The molecule has 0 bridgehead atoms. The number of hydrogen-bond donors (Lipinski definition) is 1. The van der Waals surface area contributed by atoms with Gasteiger partial charge in [-0.3, -0.25) is 9.59 Å². The highest BCUT2D eigenvalue weighted by molar-refractivity contribution is 5.76. The standard InChI is InChI=1S/C19H25N3O3/c1-14-11-15(23)12-18(24)22(14)13-19(25)21-10-5-3-4-7-17(21)16-8-6-9-20(16)2/h6,8-9,11-12,17,23H,3-5,7,10,13H2,1-2H3. The van der Waals surface area contributed by atoms with Crippen molar-refractivity contribution in [2.45, 2.75) is 45.2 Å². The van der Waals surface area contributed by atoms with Crippen molar-refractivity contribution in [3.05, 3.63) is 52.2 Å². The lowest BCUT2D eigenvalue weighted by molar-refractivity contribution is -0.134. The third-order valence-corrected chi connectivity index (χ3v) is 5.01. The zero-order valence-electron chi connectivity index (χ0n) is 14.8. The van der Waals surface area contributed by atoms with Gasteiger partial charge in [-0.1, -0.05) is 12.8 Å². The SMILES string of the molecule is Cc1cc(O)cc(=O)n1CC(=O)N1CCCCCC1c1cccn1C. The maximum absolute atomic E-state index is 13.0. The summed E-state index contributed by atoms with van der Waals surface area (Å²) in [4.78, 5) is 27.1. The van der Waals surface area contributed by atoms with Gasteiger partial charge in [0.2, 0.25) is 5.91 Å². The molecule has 2 aromatic rings. The monoisotopic (exact) mass is 343 g/mol. The Bertz CT molecular complexity index is 822. The second kappa shape index (κ2) is 7.17. The Kier molecular flexibility index (Phi) is 4.97. The molecule has 0 spiro atoms. The smallest absolute Gasteiger partial charge is 0.254 e. The van der Waals surface area contributed by atoms with Crippen LogP contribution in [0.25, 0.3) is 0 Å². The Labute approximate surface area is 147 Å². The van der Waals surface area contributed by atoms with Gasteiger partial charge in [-0.2, -0.15) is 0 Å². The molecule has 1 fully saturated rings. The van der Waals surface area contributed by atoms with Gasteiger partial charge in [0.05, 0.1) is 6.04 Å². The van der Waals surface area contributed by atoms with E-state index in [1.165, 1.54) is 10.6 Å². The van der Waals surface area contributed by atoms with E-state index in [-0.39, 0.29) is 29.8 Å². The lowest BCUT2D eigenvalue weighted by atomic mass is 10.1. The number of aryl methyl sites for hydroxylation is 2. The van der Waals surface area contributed by atoms with E-state index in [0.29, 0.717) is 12.2 Å². The molecule has 0 saturated carbocycles. The molecule has 1 aliphatic rings. The first kappa shape index (κ1) is 17.3. The lowest BCUT2D eigenvalue weighted by Gasteiger charge is -2.31. The van der Waals surface area contributed by atoms with E-state index in [1.54, 1.807) is 6.92 Å². The molecule has 1 atom stereocenters. The van der Waals surface area contributed by atoms with Crippen LogP contribution in [0.5, 0.6) is 5.75 Å². The predicted octanol–water partition coefficient (Wildman–Crippen LogP) is 2.34. The van der Waals surface area contributed by atoms with E-state index >= 15 is 0 Å². The molecule has 6 nitrogen and oxygen atoms in total. The van der Waals surface area contributed by atoms with Crippen LogP contribution >= 0.6 is 0 Å². The summed E-state index contributed by atoms with van der Waals surface area (Å²) >= 11 is 0. The van der Waals surface area contributed by atoms with E-state index in [2.05, 4.69) is 10.6 Å². The van der Waals surface area contributed by atoms with Crippen LogP contribution in [-0.4, -0.2) is 31.6 Å². The molecule has 0 radical (unpaired) electrons. The Morgan fingerprint density at radius 3 is 2.76 bits per heavy atom. The molecule has 6 heteroatoms. The summed E-state index contributed by atoms with van der Waals surface area (Å²) in [5.41, 5.74) is 1.37. The number of likely N-dealkylation sites (tertiary alicyclic amines) is 1. The first-order valence-electron chi connectivity index (χ1n) is 8.78. The van der Waals surface area contributed by atoms with Crippen LogP contribution in [0.2, 0.25) is 0 Å². The van der Waals surface area contributed by atoms with Crippen molar-refractivity contribution in [2.24, 2.45) is 7.05 Å². The third-order valence-electron chi connectivity index (χ3n) is 5.01. The van der Waals surface area contributed by atoms with Crippen LogP contribution in [0.15, 0.2) is 35.3 Å². The van der Waals surface area contributed by atoms with Crippen molar-refractivity contribution in [3.8, 4) is 5.75 Å². The Hall–Kier alpha value is -2.50. The molecule has 25 heavy (non-hydrogen) atoms. The Balaban J connectivity index is 1.88. The second-order valence-corrected chi connectivity index (χ2v) is 6.78. The number of carbonyl (C=O) groups is 1. The van der Waals surface area contributed by atoms with Gasteiger partial charge >= 0.3 is 0 Å². The number of aromatic hydroxyl groups is 1. The van der Waals surface area contributed by atoms with Crippen molar-refractivity contribution in [1.29, 1.82) is 0 Å². The number of aromatic nitrogens is 2. The fourth-order valence-electron chi connectivity index (χ4n) is 3.68. The summed E-state index contributed by atoms with van der Waals surface area (Å²) in [6, 6.07) is 6.76. The Morgan fingerprint density at radius 1 is 1.28 bits per heavy atom. The summed E-state index contributed by atoms with van der Waals surface area (Å²) in [6.07, 6.45) is 6.13. The number of carbonyl (C=O) groups excluding carboxylic acids is 1. The molecule has 134 valence electrons. The molecule has 0 aliphatic carbocycles. The van der Waals surface area contributed by atoms with E-state index in [9.17, 15) is 14.7 Å². The number of nitrogens with zero attached hydrogens (tertiary/aromatic N) is 3. The maximum atomic E-state index is 13.0. The minimum atomic E-state index is -0.351. The third kappa shape index (κ3) is 3.62. The lowest BCUT2D eigenvalue weighted by Crippen LogP contribution is -2.39. The van der Waals surface area contributed by atoms with Gasteiger partial charge in [0, 0.05) is 37.2 Å². The Morgan fingerprint density at radius 2 is 2.08 bits per heavy atom. The highest BCUT2D eigenvalue weighted by Crippen LogP contribution is 2.30. The highest BCUT2D eigenvalue weighted by Gasteiger charge is 2.28. The molecule has 1 aliphatic heterocycles. The summed E-state index contributed by atoms with van der Waals surface area (Å²) in [5, 5.41) is 9.52. The number of amides is 1. The molecular weight excluding hydrogens is 318 g/mol. The fraction of sp³-hybridized carbons (Fsp3) is 0.474. The largest absolute Gasteiger partial charge is 0.508 e. The van der Waals surface area contributed by atoms with Crippen molar-refractivity contribution in [2.75, 3.05) is 6.54 Å². The molecule has 1 unspecified atom stereocenters. The van der Waals surface area contributed by atoms with Gasteiger partial charge in [0.1, 0.15) is 12.3 Å². The molecule has 2 aromatic heterocycles. The molecule has 1 saturated heterocycles. The molecule has 1 amide bonds. The van der Waals surface area contributed by atoms with Crippen LogP contribution in [0.4, 0.5) is 0 Å². The topological polar surface area (TPSA) is 67.5 Å². The number of rotatable bonds is 3. The first-order valence-corrected chi connectivity index (χ1v) is 8.78. The number of hydrogen-bond acceptors (Lipinski definition) is 3. The van der Waals surface area contributed by atoms with Crippen molar-refractivity contribution >= 4 is 5.91 Å². The first-order chi connectivity index (χ1) is 12.0. The van der Waals surface area contributed by atoms with Gasteiger partial charge < -0.3 is 19.1 Å². The van der Waals surface area contributed by atoms with Crippen LogP contribution in [0.1, 0.15) is 43.1 Å². The maximum Gasteiger partial charge on any atom is 0.254 e. The van der Waals surface area contributed by atoms with Crippen molar-refractivity contribution in [1.82, 2.24) is 14.0 Å². The fourth-order valence-corrected chi connectivity index (χ4v) is 3.68. The van der Waals surface area contributed by atoms with E-state index in [4.69, 9.17) is 0 Å². The highest BCUT2D eigenvalue weighted by atomic mass is 16.3. The van der Waals surface area contributed by atoms with E-state index in [1.807, 2.05) is 24.2 Å². The average molecular weight is 343 g/mol. The van der Waals surface area contributed by atoms with E-state index in [0.717, 1.165) is 37.4 Å². The summed E-state index contributed by atoms with van der Waals surface area (Å²) < 4.78 is 3.49. The molecule has 3 rings (SSSR count). The molecule has 1 N–H and O–H groups in total. The molecular formula is C19H25N3O3. The van der Waals surface area contributed by atoms with Crippen LogP contribution in [0.3, 0.4) is 0 Å². The zero-order chi connectivity index (χ0) is 18.0. The van der Waals surface area contributed by atoms with E-state index < -0.39 is 0 Å². The minimum Gasteiger partial charge on any atom is -0.508 e. The quantitative estimate of drug-likeness (QED) is 0.930. The molecule has 3 heterocycles. The van der Waals surface area contributed by atoms with Crippen LogP contribution in [0, 0.1) is 6.92 Å². The number of pyridine rings is 1. The van der Waals surface area contributed by atoms with Gasteiger partial charge in [0.25, 0.3) is 5.56 Å². The predicted molar refractivity (Wildman–Crippen MR) is 95.4 cm³/mol. The van der Waals surface area contributed by atoms with Crippen LogP contribution < -0.4 is 5.56 Å². The zero-order valence-corrected chi connectivity index (χ0v) is 14.8. The van der Waals surface area contributed by atoms with Crippen LogP contribution in [-0.2, 0) is 18.4 Å².